The number of carbonyl (C=O) groups excluding carboxylic acids is 1. The molecule has 2 rings (SSSR count). The number of hydrogen-bond donors (Lipinski definition) is 3. The van der Waals surface area contributed by atoms with Crippen LogP contribution in [0.4, 0.5) is 0 Å². The fourth-order valence-electron chi connectivity index (χ4n) is 1.96. The number of amides is 1. The highest BCUT2D eigenvalue weighted by Gasteiger charge is 2.12. The quantitative estimate of drug-likeness (QED) is 0.747. The first-order valence-corrected chi connectivity index (χ1v) is 7.23. The molecule has 0 spiro atoms. The average Bonchev–Trinajstić information content (AvgIpc) is 2.52. The monoisotopic (exact) mass is 334 g/mol. The molecule has 1 atom stereocenters. The zero-order chi connectivity index (χ0) is 16.8. The first kappa shape index (κ1) is 16.9. The molecule has 0 saturated heterocycles. The highest BCUT2D eigenvalue weighted by atomic mass is 35.5. The van der Waals surface area contributed by atoms with Crippen molar-refractivity contribution in [1.29, 1.82) is 0 Å². The van der Waals surface area contributed by atoms with Crippen LogP contribution >= 0.6 is 11.6 Å². The van der Waals surface area contributed by atoms with Gasteiger partial charge in [-0.25, -0.2) is 4.79 Å². The summed E-state index contributed by atoms with van der Waals surface area (Å²) in [6, 6.07) is 9.74. The zero-order valence-electron chi connectivity index (χ0n) is 12.1. The summed E-state index contributed by atoms with van der Waals surface area (Å²) in [4.78, 5) is 26.4. The summed E-state index contributed by atoms with van der Waals surface area (Å²) in [6.07, 6.45) is 0.696. The van der Waals surface area contributed by atoms with Gasteiger partial charge in [-0.3, -0.25) is 9.78 Å². The Morgan fingerprint density at radius 2 is 2.04 bits per heavy atom. The van der Waals surface area contributed by atoms with Crippen LogP contribution in [0.3, 0.4) is 0 Å². The van der Waals surface area contributed by atoms with E-state index < -0.39 is 18.0 Å². The van der Waals surface area contributed by atoms with Crippen LogP contribution in [0, 0.1) is 0 Å². The van der Waals surface area contributed by atoms with Gasteiger partial charge in [-0.1, -0.05) is 23.7 Å². The van der Waals surface area contributed by atoms with Crippen LogP contribution in [0.25, 0.3) is 0 Å². The largest absolute Gasteiger partial charge is 0.478 e. The van der Waals surface area contributed by atoms with Crippen LogP contribution in [0.15, 0.2) is 42.6 Å². The van der Waals surface area contributed by atoms with Crippen molar-refractivity contribution in [2.45, 2.75) is 12.5 Å². The molecule has 0 aliphatic carbocycles. The minimum atomic E-state index is -1.11. The lowest BCUT2D eigenvalue weighted by Gasteiger charge is -2.12. The number of hydrogen-bond acceptors (Lipinski definition) is 4. The Balaban J connectivity index is 1.87. The van der Waals surface area contributed by atoms with Crippen LogP contribution in [-0.2, 0) is 6.42 Å². The van der Waals surface area contributed by atoms with E-state index in [0.717, 1.165) is 11.8 Å². The van der Waals surface area contributed by atoms with Crippen LogP contribution in [0.5, 0.6) is 0 Å². The molecule has 1 aromatic carbocycles. The van der Waals surface area contributed by atoms with E-state index in [4.69, 9.17) is 16.7 Å². The van der Waals surface area contributed by atoms with Crippen molar-refractivity contribution < 1.29 is 19.8 Å². The molecular weight excluding hydrogens is 320 g/mol. The number of halogens is 1. The maximum Gasteiger partial charge on any atom is 0.337 e. The molecule has 1 unspecified atom stereocenters. The predicted molar refractivity (Wildman–Crippen MR) is 84.7 cm³/mol. The number of aromatic nitrogens is 1. The predicted octanol–water partition coefficient (Wildman–Crippen LogP) is 1.77. The van der Waals surface area contributed by atoms with E-state index in [0.29, 0.717) is 11.4 Å². The number of aliphatic hydroxyl groups excluding tert-OH is 1. The van der Waals surface area contributed by atoms with Gasteiger partial charge in [0.1, 0.15) is 5.69 Å². The van der Waals surface area contributed by atoms with Gasteiger partial charge in [0.05, 0.1) is 11.7 Å². The maximum absolute atomic E-state index is 11.9. The number of carbonyl (C=O) groups is 2. The molecule has 120 valence electrons. The normalized spacial score (nSPS) is 11.7. The van der Waals surface area contributed by atoms with E-state index in [1.807, 2.05) is 6.07 Å². The van der Waals surface area contributed by atoms with Crippen LogP contribution in [0.1, 0.15) is 26.4 Å². The fraction of sp³-hybridized carbons (Fsp3) is 0.188. The van der Waals surface area contributed by atoms with E-state index in [9.17, 15) is 14.7 Å². The molecule has 7 heteroatoms. The SMILES string of the molecule is O=C(O)c1ccc(C(=O)NCC(O)Cc2cccc(Cl)c2)nc1. The van der Waals surface area contributed by atoms with Gasteiger partial charge in [0.25, 0.3) is 5.91 Å². The second kappa shape index (κ2) is 7.71. The van der Waals surface area contributed by atoms with Gasteiger partial charge in [0.15, 0.2) is 0 Å². The molecule has 0 bridgehead atoms. The van der Waals surface area contributed by atoms with Gasteiger partial charge in [-0.2, -0.15) is 0 Å². The Morgan fingerprint density at radius 3 is 2.65 bits per heavy atom. The number of pyridine rings is 1. The zero-order valence-corrected chi connectivity index (χ0v) is 12.8. The summed E-state index contributed by atoms with van der Waals surface area (Å²) in [5.74, 6) is -1.59. The average molecular weight is 335 g/mol. The van der Waals surface area contributed by atoms with Gasteiger partial charge in [-0.05, 0) is 29.8 Å². The Hall–Kier alpha value is -2.44. The fourth-order valence-corrected chi connectivity index (χ4v) is 2.18. The van der Waals surface area contributed by atoms with Crippen molar-refractivity contribution in [3.05, 3.63) is 64.4 Å². The molecule has 0 fully saturated rings. The third-order valence-electron chi connectivity index (χ3n) is 3.10. The van der Waals surface area contributed by atoms with Crippen molar-refractivity contribution >= 4 is 23.5 Å². The van der Waals surface area contributed by atoms with Gasteiger partial charge in [0, 0.05) is 24.2 Å². The summed E-state index contributed by atoms with van der Waals surface area (Å²) < 4.78 is 0. The summed E-state index contributed by atoms with van der Waals surface area (Å²) in [5.41, 5.74) is 0.954. The molecule has 1 amide bonds. The van der Waals surface area contributed by atoms with Crippen molar-refractivity contribution in [2.24, 2.45) is 0 Å². The first-order chi connectivity index (χ1) is 11.0. The number of carboxylic acid groups (broad SMARTS) is 1. The third-order valence-corrected chi connectivity index (χ3v) is 3.34. The maximum atomic E-state index is 11.9. The van der Waals surface area contributed by atoms with Gasteiger partial charge in [-0.15, -0.1) is 0 Å². The highest BCUT2D eigenvalue weighted by Crippen LogP contribution is 2.12. The first-order valence-electron chi connectivity index (χ1n) is 6.86. The summed E-state index contributed by atoms with van der Waals surface area (Å²) >= 11 is 5.87. The molecule has 1 heterocycles. The standard InChI is InChI=1S/C16H15ClN2O4/c17-12-3-1-2-10(6-12)7-13(20)9-19-15(21)14-5-4-11(8-18-14)16(22)23/h1-6,8,13,20H,7,9H2,(H,19,21)(H,22,23). The van der Waals surface area contributed by atoms with Crippen LogP contribution in [-0.4, -0.2) is 39.7 Å². The molecular formula is C16H15ClN2O4. The summed E-state index contributed by atoms with van der Waals surface area (Å²) in [6.45, 7) is 0.0493. The van der Waals surface area contributed by atoms with E-state index in [-0.39, 0.29) is 17.8 Å². The molecule has 0 aliphatic heterocycles. The lowest BCUT2D eigenvalue weighted by atomic mass is 10.1. The minimum absolute atomic E-state index is 0.00235. The van der Waals surface area contributed by atoms with Crippen LogP contribution in [0.2, 0.25) is 5.02 Å². The molecule has 1 aromatic heterocycles. The van der Waals surface area contributed by atoms with E-state index in [1.54, 1.807) is 18.2 Å². The Labute approximate surface area is 137 Å². The lowest BCUT2D eigenvalue weighted by Crippen LogP contribution is -2.33. The van der Waals surface area contributed by atoms with Gasteiger partial charge in [0.2, 0.25) is 0 Å². The number of nitrogens with zero attached hydrogens (tertiary/aromatic N) is 1. The van der Waals surface area contributed by atoms with Crippen molar-refractivity contribution in [2.75, 3.05) is 6.54 Å². The number of rotatable bonds is 6. The molecule has 0 saturated carbocycles. The van der Waals surface area contributed by atoms with E-state index >= 15 is 0 Å². The third kappa shape index (κ3) is 5.05. The van der Waals surface area contributed by atoms with E-state index in [2.05, 4.69) is 10.3 Å². The molecule has 23 heavy (non-hydrogen) atoms. The summed E-state index contributed by atoms with van der Waals surface area (Å²) in [7, 11) is 0. The van der Waals surface area contributed by atoms with Crippen molar-refractivity contribution in [3.63, 3.8) is 0 Å². The van der Waals surface area contributed by atoms with Gasteiger partial charge < -0.3 is 15.5 Å². The van der Waals surface area contributed by atoms with Gasteiger partial charge >= 0.3 is 5.97 Å². The number of aromatic carboxylic acids is 1. The number of nitrogens with one attached hydrogen (secondary N) is 1. The van der Waals surface area contributed by atoms with E-state index in [1.165, 1.54) is 12.1 Å². The van der Waals surface area contributed by atoms with Crippen molar-refractivity contribution in [3.8, 4) is 0 Å². The molecule has 3 N–H and O–H groups in total. The van der Waals surface area contributed by atoms with Crippen LogP contribution < -0.4 is 5.32 Å². The molecule has 0 radical (unpaired) electrons. The number of aliphatic hydroxyl groups is 1. The molecule has 6 nitrogen and oxygen atoms in total. The van der Waals surface area contributed by atoms with Crippen molar-refractivity contribution in [1.82, 2.24) is 10.3 Å². The topological polar surface area (TPSA) is 99.5 Å². The Morgan fingerprint density at radius 1 is 1.26 bits per heavy atom. The highest BCUT2D eigenvalue weighted by molar-refractivity contribution is 6.30. The second-order valence-electron chi connectivity index (χ2n) is 4.94. The summed E-state index contributed by atoms with van der Waals surface area (Å²) in [5, 5.41) is 21.9. The molecule has 2 aromatic rings. The smallest absolute Gasteiger partial charge is 0.337 e. The second-order valence-corrected chi connectivity index (χ2v) is 5.37. The Bertz CT molecular complexity index is 703. The lowest BCUT2D eigenvalue weighted by molar-refractivity contribution is 0.0695. The minimum Gasteiger partial charge on any atom is -0.478 e. The number of carboxylic acids is 1. The number of benzene rings is 1. The molecule has 0 aliphatic rings. The Kier molecular flexibility index (Phi) is 5.67.